The standard InChI is InChI=1S/C6H8O7.Os/c7-3(8)1-6(13,5(11)12)2-4(9)10;/h13H,1-2H2,(H,7,8)(H,9,10)(H,11,12);/q;+1/p-1. The third kappa shape index (κ3) is 3.81. The zero-order chi connectivity index (χ0) is 11.4. The van der Waals surface area contributed by atoms with Crippen molar-refractivity contribution in [2.45, 2.75) is 18.4 Å². The molecule has 1 unspecified atom stereocenters. The van der Waals surface area contributed by atoms with Crippen molar-refractivity contribution in [2.75, 3.05) is 0 Å². The van der Waals surface area contributed by atoms with Crippen LogP contribution in [0.1, 0.15) is 12.8 Å². The van der Waals surface area contributed by atoms with Crippen LogP contribution < -0.4 is 0 Å². The Morgan fingerprint density at radius 1 is 1.21 bits per heavy atom. The molecule has 0 amide bonds. The Labute approximate surface area is 89.0 Å². The van der Waals surface area contributed by atoms with E-state index in [9.17, 15) is 19.5 Å². The van der Waals surface area contributed by atoms with E-state index in [-0.39, 0.29) is 0 Å². The average Bonchev–Trinajstić information content (AvgIpc) is 2.02. The molecule has 0 aromatic rings. The summed E-state index contributed by atoms with van der Waals surface area (Å²) < 4.78 is 4.15. The molecule has 3 N–H and O–H groups in total. The topological polar surface area (TPSA) is 121 Å². The van der Waals surface area contributed by atoms with Crippen LogP contribution in [0.15, 0.2) is 0 Å². The van der Waals surface area contributed by atoms with E-state index in [1.54, 1.807) is 0 Å². The first-order valence-electron chi connectivity index (χ1n) is 3.30. The van der Waals surface area contributed by atoms with Crippen LogP contribution in [0.5, 0.6) is 0 Å². The molecule has 0 aliphatic heterocycles. The molecular formula is C6H7O7Os. The van der Waals surface area contributed by atoms with Gasteiger partial charge in [0.1, 0.15) is 0 Å². The first-order valence-corrected chi connectivity index (χ1v) is 4.33. The van der Waals surface area contributed by atoms with E-state index in [1.807, 2.05) is 0 Å². The van der Waals surface area contributed by atoms with Gasteiger partial charge in [-0.1, -0.05) is 0 Å². The number of aliphatic carboxylic acids is 2. The Hall–Kier alpha value is -0.994. The Balaban J connectivity index is 4.63. The fraction of sp³-hybridized carbons (Fsp3) is 0.500. The van der Waals surface area contributed by atoms with Gasteiger partial charge in [0, 0.05) is 0 Å². The van der Waals surface area contributed by atoms with Crippen molar-refractivity contribution >= 4 is 17.9 Å². The summed E-state index contributed by atoms with van der Waals surface area (Å²) in [6.07, 6.45) is -1.95. The van der Waals surface area contributed by atoms with Crippen molar-refractivity contribution < 1.29 is 52.2 Å². The summed E-state index contributed by atoms with van der Waals surface area (Å²) in [6, 6.07) is 0. The minimum absolute atomic E-state index is 0.816. The summed E-state index contributed by atoms with van der Waals surface area (Å²) in [5.41, 5.74) is -2.61. The summed E-state index contributed by atoms with van der Waals surface area (Å²) in [5, 5.41) is 26.1. The van der Waals surface area contributed by atoms with Crippen molar-refractivity contribution in [1.82, 2.24) is 0 Å². The molecule has 0 bridgehead atoms. The van der Waals surface area contributed by atoms with Gasteiger partial charge in [-0.15, -0.1) is 0 Å². The zero-order valence-corrected chi connectivity index (χ0v) is 9.28. The fourth-order valence-electron chi connectivity index (χ4n) is 0.728. The average molecular weight is 381 g/mol. The van der Waals surface area contributed by atoms with Gasteiger partial charge >= 0.3 is 88.5 Å². The molecule has 1 atom stereocenters. The molecule has 0 aliphatic carbocycles. The van der Waals surface area contributed by atoms with Crippen molar-refractivity contribution in [2.24, 2.45) is 0 Å². The Kier molecular flexibility index (Phi) is 4.67. The van der Waals surface area contributed by atoms with E-state index in [4.69, 9.17) is 10.2 Å². The molecule has 0 fully saturated rings. The van der Waals surface area contributed by atoms with Gasteiger partial charge in [0.25, 0.3) is 0 Å². The number of hydrogen-bond donors (Lipinski definition) is 3. The first kappa shape index (κ1) is 13.0. The van der Waals surface area contributed by atoms with Gasteiger partial charge in [-0.05, 0) is 0 Å². The number of carboxylic acid groups (broad SMARTS) is 2. The van der Waals surface area contributed by atoms with Gasteiger partial charge in [-0.3, -0.25) is 0 Å². The quantitative estimate of drug-likeness (QED) is 0.540. The van der Waals surface area contributed by atoms with Crippen LogP contribution in [0.2, 0.25) is 0 Å². The summed E-state index contributed by atoms with van der Waals surface area (Å²) in [6.45, 7) is 0. The second-order valence-electron chi connectivity index (χ2n) is 2.53. The number of carbonyl (C=O) groups excluding carboxylic acids is 1. The fourth-order valence-corrected chi connectivity index (χ4v) is 0.912. The van der Waals surface area contributed by atoms with Crippen LogP contribution in [0, 0.1) is 0 Å². The predicted octanol–water partition coefficient (Wildman–Crippen LogP) is -1.33. The Bertz CT molecular complexity index is 263. The molecule has 14 heavy (non-hydrogen) atoms. The van der Waals surface area contributed by atoms with E-state index < -0.39 is 36.4 Å². The van der Waals surface area contributed by atoms with Crippen molar-refractivity contribution in [3.05, 3.63) is 0 Å². The summed E-state index contributed by atoms with van der Waals surface area (Å²) in [7, 11) is 0. The molecular weight excluding hydrogens is 374 g/mol. The third-order valence-corrected chi connectivity index (χ3v) is 1.94. The molecule has 0 saturated heterocycles. The van der Waals surface area contributed by atoms with Crippen LogP contribution in [0.4, 0.5) is 0 Å². The molecule has 81 valence electrons. The molecule has 7 nitrogen and oxygen atoms in total. The second-order valence-corrected chi connectivity index (χ2v) is 3.05. The molecule has 0 rings (SSSR count). The summed E-state index contributed by atoms with van der Waals surface area (Å²) >= 11 is 0.816. The molecule has 0 aromatic carbocycles. The summed E-state index contributed by atoms with van der Waals surface area (Å²) in [5.74, 6) is -4.26. The van der Waals surface area contributed by atoms with Crippen molar-refractivity contribution in [3.63, 3.8) is 0 Å². The molecule has 0 aliphatic rings. The number of hydrogen-bond acceptors (Lipinski definition) is 5. The maximum absolute atomic E-state index is 10.7. The van der Waals surface area contributed by atoms with E-state index in [1.165, 1.54) is 0 Å². The zero-order valence-electron chi connectivity index (χ0n) is 6.74. The van der Waals surface area contributed by atoms with Crippen LogP contribution in [0.3, 0.4) is 0 Å². The number of rotatable bonds is 5. The molecule has 0 spiro atoms. The van der Waals surface area contributed by atoms with Gasteiger partial charge in [0.2, 0.25) is 0 Å². The number of aliphatic hydroxyl groups is 1. The molecule has 8 heteroatoms. The third-order valence-electron chi connectivity index (χ3n) is 1.36. The van der Waals surface area contributed by atoms with E-state index in [0.29, 0.717) is 0 Å². The first-order chi connectivity index (χ1) is 6.31. The van der Waals surface area contributed by atoms with Gasteiger partial charge < -0.3 is 0 Å². The number of carbonyl (C=O) groups is 3. The SMILES string of the molecule is O=C(O)CC(O)(CC(=O)[O][Os])C(=O)O. The molecule has 0 heterocycles. The Morgan fingerprint density at radius 3 is 2.00 bits per heavy atom. The molecule has 0 saturated carbocycles. The molecule has 0 radical (unpaired) electrons. The summed E-state index contributed by atoms with van der Waals surface area (Å²) in [4.78, 5) is 31.4. The number of carboxylic acids is 2. The van der Waals surface area contributed by atoms with E-state index in [0.717, 1.165) is 19.0 Å². The maximum atomic E-state index is 10.7. The van der Waals surface area contributed by atoms with Gasteiger partial charge in [-0.25, -0.2) is 0 Å². The van der Waals surface area contributed by atoms with Gasteiger partial charge in [-0.2, -0.15) is 0 Å². The Morgan fingerprint density at radius 2 is 1.71 bits per heavy atom. The van der Waals surface area contributed by atoms with Crippen molar-refractivity contribution in [1.29, 1.82) is 0 Å². The van der Waals surface area contributed by atoms with Crippen LogP contribution in [0.25, 0.3) is 0 Å². The second kappa shape index (κ2) is 5.03. The predicted molar refractivity (Wildman–Crippen MR) is 35.5 cm³/mol. The van der Waals surface area contributed by atoms with Crippen molar-refractivity contribution in [3.8, 4) is 0 Å². The van der Waals surface area contributed by atoms with Crippen LogP contribution >= 0.6 is 0 Å². The minimum atomic E-state index is -2.61. The van der Waals surface area contributed by atoms with E-state index >= 15 is 0 Å². The van der Waals surface area contributed by atoms with E-state index in [2.05, 4.69) is 3.53 Å². The van der Waals surface area contributed by atoms with Gasteiger partial charge in [0.05, 0.1) is 0 Å². The normalized spacial score (nSPS) is 14.1. The van der Waals surface area contributed by atoms with Crippen LogP contribution in [-0.2, 0) is 36.9 Å². The monoisotopic (exact) mass is 383 g/mol. The molecule has 0 aromatic heterocycles. The van der Waals surface area contributed by atoms with Gasteiger partial charge in [0.15, 0.2) is 0 Å². The van der Waals surface area contributed by atoms with Crippen LogP contribution in [-0.4, -0.2) is 38.8 Å².